The Hall–Kier alpha value is -2.72. The van der Waals surface area contributed by atoms with Crippen LogP contribution in [0.15, 0.2) is 52.6 Å². The molecule has 3 rings (SSSR count). The molecule has 29 heavy (non-hydrogen) atoms. The average molecular weight is 411 g/mol. The third-order valence-corrected chi connectivity index (χ3v) is 4.49. The molecule has 1 aromatic carbocycles. The quantitative estimate of drug-likeness (QED) is 0.349. The number of nitrogens with zero attached hydrogens (tertiary/aromatic N) is 1. The summed E-state index contributed by atoms with van der Waals surface area (Å²) in [7, 11) is 0. The van der Waals surface area contributed by atoms with Crippen molar-refractivity contribution < 1.29 is 22.4 Å². The highest BCUT2D eigenvalue weighted by Gasteiger charge is 2.44. The molecule has 1 fully saturated rings. The van der Waals surface area contributed by atoms with Crippen molar-refractivity contribution in [1.29, 1.82) is 0 Å². The monoisotopic (exact) mass is 411 g/mol. The van der Waals surface area contributed by atoms with Crippen molar-refractivity contribution in [3.63, 3.8) is 0 Å². The summed E-state index contributed by atoms with van der Waals surface area (Å²) in [6.45, 7) is 2.24. The Labute approximate surface area is 165 Å². The van der Waals surface area contributed by atoms with Crippen LogP contribution in [0.1, 0.15) is 30.1 Å². The lowest BCUT2D eigenvalue weighted by atomic mass is 10.2. The summed E-state index contributed by atoms with van der Waals surface area (Å²) >= 11 is 0. The molecule has 1 aliphatic heterocycles. The van der Waals surface area contributed by atoms with Crippen molar-refractivity contribution in [2.45, 2.75) is 38.1 Å². The second-order valence-electron chi connectivity index (χ2n) is 6.92. The van der Waals surface area contributed by atoms with Gasteiger partial charge in [0.1, 0.15) is 11.9 Å². The topological polar surface area (TPSA) is 77.5 Å². The van der Waals surface area contributed by atoms with Crippen molar-refractivity contribution in [3.05, 3.63) is 58.9 Å². The first-order valence-corrected chi connectivity index (χ1v) is 9.02. The maximum Gasteiger partial charge on any atom is 0.405 e. The lowest BCUT2D eigenvalue weighted by molar-refractivity contribution is -0.153. The number of guanidine groups is 1. The molecule has 1 amide bonds. The summed E-state index contributed by atoms with van der Waals surface area (Å²) in [6.07, 6.45) is -0.683. The highest BCUT2D eigenvalue weighted by atomic mass is 19.4. The summed E-state index contributed by atoms with van der Waals surface area (Å²) in [5.74, 6) is -1.01. The number of halogens is 4. The predicted octanol–water partition coefficient (Wildman–Crippen LogP) is 2.53. The molecular weight excluding hydrogens is 390 g/mol. The number of nitrogens with one attached hydrogen (secondary N) is 4. The van der Waals surface area contributed by atoms with Crippen LogP contribution in [-0.2, 0) is 0 Å². The lowest BCUT2D eigenvalue weighted by Gasteiger charge is -2.17. The molecule has 4 N–H and O–H groups in total. The number of benzene rings is 1. The highest BCUT2D eigenvalue weighted by Crippen LogP contribution is 2.25. The maximum atomic E-state index is 13.1. The Bertz CT molecular complexity index is 845. The molecule has 6 nitrogen and oxygen atoms in total. The number of carbonyl (C=O) groups is 1. The van der Waals surface area contributed by atoms with Crippen molar-refractivity contribution in [2.24, 2.45) is 4.99 Å². The van der Waals surface area contributed by atoms with Gasteiger partial charge in [-0.3, -0.25) is 10.1 Å². The van der Waals surface area contributed by atoms with Crippen LogP contribution < -0.4 is 21.5 Å². The normalized spacial score (nSPS) is 22.3. The molecule has 1 aliphatic carbocycles. The van der Waals surface area contributed by atoms with E-state index in [0.29, 0.717) is 0 Å². The fourth-order valence-corrected chi connectivity index (χ4v) is 2.94. The third-order valence-electron chi connectivity index (χ3n) is 4.49. The van der Waals surface area contributed by atoms with Crippen molar-refractivity contribution in [3.8, 4) is 0 Å². The summed E-state index contributed by atoms with van der Waals surface area (Å²) < 4.78 is 51.6. The number of hydrazine groups is 1. The van der Waals surface area contributed by atoms with Gasteiger partial charge >= 0.3 is 6.18 Å². The van der Waals surface area contributed by atoms with Crippen molar-refractivity contribution in [2.75, 3.05) is 6.54 Å². The molecule has 1 saturated heterocycles. The van der Waals surface area contributed by atoms with E-state index in [2.05, 4.69) is 26.5 Å². The first-order chi connectivity index (χ1) is 13.7. The number of aliphatic imine (C=N–C) groups is 1. The van der Waals surface area contributed by atoms with E-state index in [4.69, 9.17) is 0 Å². The number of rotatable bonds is 4. The standard InChI is InChI=1S/C19H21F4N5O/c1-11-2-3-12(8-11)10-24-18(25-16-9-15(27-28-16)19(21,22)23)26-17(29)13-4-6-14(20)7-5-13/h3-8,15-16,27-28H,2,9-10H2,1H3,(H2,24,25,26,29). The number of alkyl halides is 3. The molecule has 156 valence electrons. The summed E-state index contributed by atoms with van der Waals surface area (Å²) in [5, 5.41) is 5.34. The zero-order chi connectivity index (χ0) is 21.0. The van der Waals surface area contributed by atoms with Gasteiger partial charge in [-0.1, -0.05) is 17.7 Å². The summed E-state index contributed by atoms with van der Waals surface area (Å²) in [6, 6.07) is 3.20. The lowest BCUT2D eigenvalue weighted by Crippen LogP contribution is -2.50. The van der Waals surface area contributed by atoms with E-state index in [-0.39, 0.29) is 24.5 Å². The summed E-state index contributed by atoms with van der Waals surface area (Å²) in [5.41, 5.74) is 7.01. The van der Waals surface area contributed by atoms with E-state index < -0.39 is 30.1 Å². The van der Waals surface area contributed by atoms with Gasteiger partial charge in [-0.15, -0.1) is 0 Å². The maximum absolute atomic E-state index is 13.1. The number of allylic oxidation sites excluding steroid dienone is 2. The number of hydrogen-bond acceptors (Lipinski definition) is 4. The van der Waals surface area contributed by atoms with Gasteiger partial charge in [-0.2, -0.15) is 13.2 Å². The van der Waals surface area contributed by atoms with Crippen LogP contribution >= 0.6 is 0 Å². The second-order valence-corrected chi connectivity index (χ2v) is 6.92. The fourth-order valence-electron chi connectivity index (χ4n) is 2.94. The second kappa shape index (κ2) is 8.75. The van der Waals surface area contributed by atoms with Gasteiger partial charge in [-0.25, -0.2) is 20.2 Å². The minimum absolute atomic E-state index is 0.0281. The van der Waals surface area contributed by atoms with E-state index in [1.165, 1.54) is 17.7 Å². The first kappa shape index (κ1) is 21.0. The van der Waals surface area contributed by atoms with Crippen LogP contribution in [0, 0.1) is 5.82 Å². The van der Waals surface area contributed by atoms with E-state index in [9.17, 15) is 22.4 Å². The van der Waals surface area contributed by atoms with Crippen LogP contribution in [0.5, 0.6) is 0 Å². The fraction of sp³-hybridized carbons (Fsp3) is 0.368. The molecule has 0 radical (unpaired) electrons. The van der Waals surface area contributed by atoms with E-state index in [0.717, 1.165) is 24.1 Å². The minimum Gasteiger partial charge on any atom is -0.339 e. The first-order valence-electron chi connectivity index (χ1n) is 9.02. The van der Waals surface area contributed by atoms with E-state index in [1.807, 2.05) is 19.1 Å². The minimum atomic E-state index is -4.39. The molecule has 0 aromatic heterocycles. The van der Waals surface area contributed by atoms with Crippen LogP contribution in [-0.4, -0.2) is 36.8 Å². The Morgan fingerprint density at radius 1 is 1.24 bits per heavy atom. The largest absolute Gasteiger partial charge is 0.405 e. The zero-order valence-electron chi connectivity index (χ0n) is 15.6. The highest BCUT2D eigenvalue weighted by molar-refractivity contribution is 6.05. The predicted molar refractivity (Wildman–Crippen MR) is 100 cm³/mol. The molecule has 1 heterocycles. The van der Waals surface area contributed by atoms with Crippen LogP contribution in [0.2, 0.25) is 0 Å². The molecule has 2 atom stereocenters. The molecule has 0 saturated carbocycles. The van der Waals surface area contributed by atoms with E-state index >= 15 is 0 Å². The summed E-state index contributed by atoms with van der Waals surface area (Å²) in [4.78, 5) is 16.7. The number of hydrogen-bond donors (Lipinski definition) is 4. The van der Waals surface area contributed by atoms with Gasteiger partial charge in [0.15, 0.2) is 5.96 Å². The number of amides is 1. The van der Waals surface area contributed by atoms with Gasteiger partial charge in [-0.05, 0) is 43.2 Å². The van der Waals surface area contributed by atoms with Crippen LogP contribution in [0.25, 0.3) is 0 Å². The van der Waals surface area contributed by atoms with Gasteiger partial charge in [0.05, 0.1) is 12.7 Å². The Morgan fingerprint density at radius 3 is 2.55 bits per heavy atom. The van der Waals surface area contributed by atoms with Crippen molar-refractivity contribution >= 4 is 11.9 Å². The molecular formula is C19H21F4N5O. The molecule has 1 aromatic rings. The molecule has 10 heteroatoms. The Kier molecular flexibility index (Phi) is 6.33. The number of carbonyl (C=O) groups excluding carboxylic acids is 1. The average Bonchev–Trinajstić information content (AvgIpc) is 3.29. The van der Waals surface area contributed by atoms with Gasteiger partial charge < -0.3 is 5.32 Å². The van der Waals surface area contributed by atoms with Crippen LogP contribution in [0.3, 0.4) is 0 Å². The van der Waals surface area contributed by atoms with Crippen LogP contribution in [0.4, 0.5) is 17.6 Å². The zero-order valence-corrected chi connectivity index (χ0v) is 15.6. The Morgan fingerprint density at radius 2 is 1.97 bits per heavy atom. The third kappa shape index (κ3) is 5.88. The van der Waals surface area contributed by atoms with E-state index in [1.54, 1.807) is 0 Å². The molecule has 0 bridgehead atoms. The van der Waals surface area contributed by atoms with Gasteiger partial charge in [0, 0.05) is 12.0 Å². The molecule has 2 unspecified atom stereocenters. The smallest absolute Gasteiger partial charge is 0.339 e. The van der Waals surface area contributed by atoms with Gasteiger partial charge in [0.2, 0.25) is 0 Å². The molecule has 2 aliphatic rings. The Balaban J connectivity index is 1.69. The SMILES string of the molecule is CC1=CC(CN=C(NC(=O)c2ccc(F)cc2)NC2CC(C(F)(F)F)NN2)=CC1. The van der Waals surface area contributed by atoms with Gasteiger partial charge in [0.25, 0.3) is 5.91 Å². The molecule has 0 spiro atoms. The van der Waals surface area contributed by atoms with Crippen molar-refractivity contribution in [1.82, 2.24) is 21.5 Å².